The summed E-state index contributed by atoms with van der Waals surface area (Å²) in [5.41, 5.74) is 4.99. The van der Waals surface area contributed by atoms with Gasteiger partial charge in [-0.3, -0.25) is 9.48 Å². The number of hydrazone groups is 1. The Morgan fingerprint density at radius 2 is 2.12 bits per heavy atom. The van der Waals surface area contributed by atoms with Crippen LogP contribution in [0.1, 0.15) is 35.6 Å². The lowest BCUT2D eigenvalue weighted by Gasteiger charge is -2.21. The number of hydrogen-bond acceptors (Lipinski definition) is 5. The third-order valence-electron chi connectivity index (χ3n) is 3.99. The largest absolute Gasteiger partial charge is 0.507 e. The highest BCUT2D eigenvalue weighted by Crippen LogP contribution is 2.23. The predicted octanol–water partition coefficient (Wildman–Crippen LogP) is 2.81. The molecule has 2 aromatic rings. The molecule has 0 radical (unpaired) electrons. The van der Waals surface area contributed by atoms with Gasteiger partial charge < -0.3 is 10.0 Å². The normalized spacial score (nSPS) is 11.1. The molecule has 0 saturated carbocycles. The van der Waals surface area contributed by atoms with Crippen LogP contribution in [0.3, 0.4) is 0 Å². The Hall–Kier alpha value is -2.35. The van der Waals surface area contributed by atoms with Crippen LogP contribution in [0.4, 0.5) is 5.69 Å². The van der Waals surface area contributed by atoms with Crippen LogP contribution in [0.2, 0.25) is 0 Å². The van der Waals surface area contributed by atoms with E-state index < -0.39 is 5.91 Å². The average molecular weight is 408 g/mol. The van der Waals surface area contributed by atoms with Crippen molar-refractivity contribution in [2.45, 2.75) is 20.8 Å². The number of rotatable bonds is 6. The number of halogens is 1. The first-order valence-electron chi connectivity index (χ1n) is 7.99. The van der Waals surface area contributed by atoms with Gasteiger partial charge in [0.2, 0.25) is 0 Å². The van der Waals surface area contributed by atoms with Gasteiger partial charge in [-0.15, -0.1) is 0 Å². The topological polar surface area (TPSA) is 82.8 Å². The lowest BCUT2D eigenvalue weighted by atomic mass is 10.2. The SMILES string of the molecule is CCN(CC)c1ccc(/C=N/NC(=O)c2nn(C)c(C)c2Br)c(O)c1. The number of carbonyl (C=O) groups excluding carboxylic acids is 1. The van der Waals surface area contributed by atoms with Crippen molar-refractivity contribution in [2.24, 2.45) is 12.1 Å². The van der Waals surface area contributed by atoms with E-state index in [1.165, 1.54) is 6.21 Å². The molecule has 0 aliphatic heterocycles. The Bertz CT molecular complexity index is 797. The Morgan fingerprint density at radius 3 is 2.64 bits per heavy atom. The summed E-state index contributed by atoms with van der Waals surface area (Å²) in [6.45, 7) is 7.69. The van der Waals surface area contributed by atoms with Crippen LogP contribution in [-0.4, -0.2) is 40.1 Å². The molecule has 0 aliphatic rings. The first kappa shape index (κ1) is 19.0. The van der Waals surface area contributed by atoms with Gasteiger partial charge in [0.15, 0.2) is 5.69 Å². The Balaban J connectivity index is 2.09. The Kier molecular flexibility index (Phi) is 6.19. The van der Waals surface area contributed by atoms with E-state index in [9.17, 15) is 9.90 Å². The van der Waals surface area contributed by atoms with Crippen LogP contribution < -0.4 is 10.3 Å². The van der Waals surface area contributed by atoms with Crippen LogP contribution in [-0.2, 0) is 7.05 Å². The van der Waals surface area contributed by atoms with E-state index >= 15 is 0 Å². The number of benzene rings is 1. The minimum absolute atomic E-state index is 0.109. The van der Waals surface area contributed by atoms with E-state index in [0.717, 1.165) is 24.5 Å². The number of anilines is 1. The standard InChI is InChI=1S/C17H22BrN5O2/c1-5-23(6-2)13-8-7-12(14(24)9-13)10-19-20-17(25)16-15(18)11(3)22(4)21-16/h7-10,24H,5-6H2,1-4H3,(H,20,25)/b19-10+. The smallest absolute Gasteiger partial charge is 0.293 e. The lowest BCUT2D eigenvalue weighted by Crippen LogP contribution is -2.21. The second kappa shape index (κ2) is 8.15. The molecule has 0 atom stereocenters. The van der Waals surface area contributed by atoms with Crippen LogP contribution in [0.25, 0.3) is 0 Å². The third-order valence-corrected chi connectivity index (χ3v) is 4.94. The number of nitrogens with zero attached hydrogens (tertiary/aromatic N) is 4. The molecular weight excluding hydrogens is 386 g/mol. The second-order valence-electron chi connectivity index (χ2n) is 5.49. The molecule has 0 bridgehead atoms. The summed E-state index contributed by atoms with van der Waals surface area (Å²) in [5.74, 6) is -0.316. The molecule has 1 aromatic heterocycles. The monoisotopic (exact) mass is 407 g/mol. The first-order chi connectivity index (χ1) is 11.9. The van der Waals surface area contributed by atoms with Gasteiger partial charge in [0.05, 0.1) is 16.4 Å². The van der Waals surface area contributed by atoms with Crippen molar-refractivity contribution in [3.63, 3.8) is 0 Å². The molecule has 0 fully saturated rings. The molecule has 2 N–H and O–H groups in total. The molecule has 7 nitrogen and oxygen atoms in total. The predicted molar refractivity (Wildman–Crippen MR) is 102 cm³/mol. The number of aromatic hydroxyl groups is 1. The summed E-state index contributed by atoms with van der Waals surface area (Å²) in [5, 5.41) is 18.2. The molecule has 0 unspecified atom stereocenters. The number of aryl methyl sites for hydroxylation is 1. The van der Waals surface area contributed by atoms with E-state index in [1.807, 2.05) is 13.0 Å². The minimum atomic E-state index is -0.425. The van der Waals surface area contributed by atoms with Crippen LogP contribution >= 0.6 is 15.9 Å². The van der Waals surface area contributed by atoms with Crippen LogP contribution in [0.5, 0.6) is 5.75 Å². The molecule has 1 heterocycles. The fraction of sp³-hybridized carbons (Fsp3) is 0.353. The minimum Gasteiger partial charge on any atom is -0.507 e. The summed E-state index contributed by atoms with van der Waals surface area (Å²) < 4.78 is 2.25. The molecule has 0 spiro atoms. The summed E-state index contributed by atoms with van der Waals surface area (Å²) >= 11 is 3.34. The van der Waals surface area contributed by atoms with Gasteiger partial charge in [-0.2, -0.15) is 10.2 Å². The maximum atomic E-state index is 12.1. The molecule has 1 aromatic carbocycles. The number of phenols is 1. The molecule has 0 aliphatic carbocycles. The molecule has 2 rings (SSSR count). The number of amides is 1. The van der Waals surface area contributed by atoms with Gasteiger partial charge in [-0.05, 0) is 48.8 Å². The number of nitrogens with one attached hydrogen (secondary N) is 1. The van der Waals surface area contributed by atoms with Gasteiger partial charge in [0.1, 0.15) is 5.75 Å². The highest BCUT2D eigenvalue weighted by Gasteiger charge is 2.17. The van der Waals surface area contributed by atoms with Crippen molar-refractivity contribution in [1.82, 2.24) is 15.2 Å². The van der Waals surface area contributed by atoms with E-state index in [2.05, 4.69) is 50.3 Å². The Morgan fingerprint density at radius 1 is 1.44 bits per heavy atom. The van der Waals surface area contributed by atoms with E-state index in [0.29, 0.717) is 10.0 Å². The van der Waals surface area contributed by atoms with Crippen molar-refractivity contribution in [1.29, 1.82) is 0 Å². The van der Waals surface area contributed by atoms with Gasteiger partial charge in [0, 0.05) is 37.5 Å². The van der Waals surface area contributed by atoms with Crippen molar-refractivity contribution in [2.75, 3.05) is 18.0 Å². The Labute approximate surface area is 155 Å². The van der Waals surface area contributed by atoms with Crippen molar-refractivity contribution >= 4 is 33.7 Å². The fourth-order valence-corrected chi connectivity index (χ4v) is 2.88. The summed E-state index contributed by atoms with van der Waals surface area (Å²) in [6.07, 6.45) is 1.41. The van der Waals surface area contributed by atoms with E-state index in [1.54, 1.807) is 23.9 Å². The van der Waals surface area contributed by atoms with Crippen LogP contribution in [0, 0.1) is 6.92 Å². The highest BCUT2D eigenvalue weighted by atomic mass is 79.9. The summed E-state index contributed by atoms with van der Waals surface area (Å²) in [4.78, 5) is 14.3. The van der Waals surface area contributed by atoms with Crippen molar-refractivity contribution < 1.29 is 9.90 Å². The molecule has 8 heteroatoms. The maximum Gasteiger partial charge on any atom is 0.293 e. The number of carbonyl (C=O) groups is 1. The van der Waals surface area contributed by atoms with Gasteiger partial charge in [0.25, 0.3) is 5.91 Å². The van der Waals surface area contributed by atoms with E-state index in [4.69, 9.17) is 0 Å². The number of hydrogen-bond donors (Lipinski definition) is 2. The zero-order valence-electron chi connectivity index (χ0n) is 14.7. The maximum absolute atomic E-state index is 12.1. The molecular formula is C17H22BrN5O2. The average Bonchev–Trinajstić information content (AvgIpc) is 2.85. The van der Waals surface area contributed by atoms with E-state index in [-0.39, 0.29) is 11.4 Å². The fourth-order valence-electron chi connectivity index (χ4n) is 2.37. The van der Waals surface area contributed by atoms with Gasteiger partial charge >= 0.3 is 0 Å². The van der Waals surface area contributed by atoms with Crippen LogP contribution in [0.15, 0.2) is 27.8 Å². The molecule has 134 valence electrons. The number of aromatic nitrogens is 2. The summed E-state index contributed by atoms with van der Waals surface area (Å²) in [7, 11) is 1.76. The van der Waals surface area contributed by atoms with Gasteiger partial charge in [-0.1, -0.05) is 0 Å². The molecule has 0 saturated heterocycles. The third kappa shape index (κ3) is 4.19. The lowest BCUT2D eigenvalue weighted by molar-refractivity contribution is 0.0948. The second-order valence-corrected chi connectivity index (χ2v) is 6.28. The highest BCUT2D eigenvalue weighted by molar-refractivity contribution is 9.10. The summed E-state index contributed by atoms with van der Waals surface area (Å²) in [6, 6.07) is 5.36. The van der Waals surface area contributed by atoms with Crippen molar-refractivity contribution in [3.8, 4) is 5.75 Å². The first-order valence-corrected chi connectivity index (χ1v) is 8.78. The van der Waals surface area contributed by atoms with Crippen molar-refractivity contribution in [3.05, 3.63) is 39.6 Å². The molecule has 1 amide bonds. The zero-order chi connectivity index (χ0) is 18.6. The zero-order valence-corrected chi connectivity index (χ0v) is 16.3. The van der Waals surface area contributed by atoms with Gasteiger partial charge in [-0.25, -0.2) is 5.43 Å². The quantitative estimate of drug-likeness (QED) is 0.569. The number of phenolic OH excluding ortho intramolecular Hbond substituents is 1. The molecule has 25 heavy (non-hydrogen) atoms.